The SMILES string of the molecule is Cc1ccc(C(=O)C2CCN(C(=O)c3cccc(S(C)(=O)=O)c3)CC2)c(C)c1. The molecule has 0 unspecified atom stereocenters. The molecular weight excluding hydrogens is 374 g/mol. The molecule has 1 aliphatic rings. The molecule has 0 radical (unpaired) electrons. The summed E-state index contributed by atoms with van der Waals surface area (Å²) in [4.78, 5) is 27.5. The van der Waals surface area contributed by atoms with Crippen LogP contribution in [-0.2, 0) is 9.84 Å². The molecule has 3 rings (SSSR count). The fraction of sp³-hybridized carbons (Fsp3) is 0.364. The Morgan fingerprint density at radius 1 is 1.00 bits per heavy atom. The van der Waals surface area contributed by atoms with Crippen molar-refractivity contribution in [2.75, 3.05) is 19.3 Å². The summed E-state index contributed by atoms with van der Waals surface area (Å²) in [6, 6.07) is 12.0. The molecule has 0 spiro atoms. The van der Waals surface area contributed by atoms with E-state index in [4.69, 9.17) is 0 Å². The predicted octanol–water partition coefficient (Wildman–Crippen LogP) is 3.44. The number of hydrogen-bond acceptors (Lipinski definition) is 4. The number of rotatable bonds is 4. The highest BCUT2D eigenvalue weighted by molar-refractivity contribution is 7.90. The number of benzene rings is 2. The van der Waals surface area contributed by atoms with Crippen molar-refractivity contribution in [3.8, 4) is 0 Å². The van der Waals surface area contributed by atoms with Crippen LogP contribution in [0.2, 0.25) is 0 Å². The fourth-order valence-corrected chi connectivity index (χ4v) is 4.36. The number of piperidine rings is 1. The zero-order valence-corrected chi connectivity index (χ0v) is 17.3. The molecule has 1 amide bonds. The van der Waals surface area contributed by atoms with Crippen molar-refractivity contribution in [2.45, 2.75) is 31.6 Å². The van der Waals surface area contributed by atoms with Gasteiger partial charge in [0.2, 0.25) is 0 Å². The number of nitrogens with zero attached hydrogens (tertiary/aromatic N) is 1. The minimum Gasteiger partial charge on any atom is -0.339 e. The van der Waals surface area contributed by atoms with Crippen LogP contribution in [0.5, 0.6) is 0 Å². The van der Waals surface area contributed by atoms with Gasteiger partial charge >= 0.3 is 0 Å². The van der Waals surface area contributed by atoms with Crippen LogP contribution in [0.4, 0.5) is 0 Å². The van der Waals surface area contributed by atoms with Crippen LogP contribution in [0.15, 0.2) is 47.4 Å². The van der Waals surface area contributed by atoms with E-state index in [1.54, 1.807) is 17.0 Å². The summed E-state index contributed by atoms with van der Waals surface area (Å²) in [7, 11) is -3.36. The van der Waals surface area contributed by atoms with Gasteiger partial charge in [0, 0.05) is 36.4 Å². The van der Waals surface area contributed by atoms with Gasteiger partial charge in [-0.05, 0) is 50.5 Å². The highest BCUT2D eigenvalue weighted by Gasteiger charge is 2.29. The molecule has 2 aromatic carbocycles. The highest BCUT2D eigenvalue weighted by Crippen LogP contribution is 2.25. The summed E-state index contributed by atoms with van der Waals surface area (Å²) in [5.74, 6) is -0.139. The number of Topliss-reactive ketones (excluding diaryl/α,β-unsaturated/α-hetero) is 1. The van der Waals surface area contributed by atoms with E-state index >= 15 is 0 Å². The Hall–Kier alpha value is -2.47. The molecule has 2 aromatic rings. The van der Waals surface area contributed by atoms with E-state index in [1.807, 2.05) is 32.0 Å². The van der Waals surface area contributed by atoms with Gasteiger partial charge in [-0.15, -0.1) is 0 Å². The zero-order valence-electron chi connectivity index (χ0n) is 16.4. The maximum absolute atomic E-state index is 12.9. The molecule has 1 saturated heterocycles. The van der Waals surface area contributed by atoms with Crippen molar-refractivity contribution < 1.29 is 18.0 Å². The van der Waals surface area contributed by atoms with E-state index < -0.39 is 9.84 Å². The molecule has 6 heteroatoms. The summed E-state index contributed by atoms with van der Waals surface area (Å²) < 4.78 is 23.4. The molecule has 1 aliphatic heterocycles. The van der Waals surface area contributed by atoms with Crippen LogP contribution in [0.1, 0.15) is 44.7 Å². The average Bonchev–Trinajstić information content (AvgIpc) is 2.66. The van der Waals surface area contributed by atoms with Crippen molar-refractivity contribution in [1.29, 1.82) is 0 Å². The summed E-state index contributed by atoms with van der Waals surface area (Å²) >= 11 is 0. The van der Waals surface area contributed by atoms with E-state index in [-0.39, 0.29) is 22.5 Å². The Bertz CT molecular complexity index is 1020. The molecular formula is C22H25NO4S. The van der Waals surface area contributed by atoms with Gasteiger partial charge in [0.15, 0.2) is 15.6 Å². The van der Waals surface area contributed by atoms with Crippen molar-refractivity contribution in [3.63, 3.8) is 0 Å². The van der Waals surface area contributed by atoms with Crippen LogP contribution >= 0.6 is 0 Å². The predicted molar refractivity (Wildman–Crippen MR) is 108 cm³/mol. The first-order valence-electron chi connectivity index (χ1n) is 9.37. The lowest BCUT2D eigenvalue weighted by Crippen LogP contribution is -2.40. The highest BCUT2D eigenvalue weighted by atomic mass is 32.2. The molecule has 1 fully saturated rings. The van der Waals surface area contributed by atoms with E-state index in [1.165, 1.54) is 12.1 Å². The maximum atomic E-state index is 12.9. The van der Waals surface area contributed by atoms with Gasteiger partial charge in [-0.3, -0.25) is 9.59 Å². The topological polar surface area (TPSA) is 71.5 Å². The Balaban J connectivity index is 1.68. The van der Waals surface area contributed by atoms with Gasteiger partial charge in [-0.2, -0.15) is 0 Å². The van der Waals surface area contributed by atoms with Crippen LogP contribution in [0, 0.1) is 19.8 Å². The number of carbonyl (C=O) groups excluding carboxylic acids is 2. The van der Waals surface area contributed by atoms with Gasteiger partial charge in [-0.1, -0.05) is 29.8 Å². The molecule has 0 saturated carbocycles. The van der Waals surface area contributed by atoms with Crippen LogP contribution in [0.3, 0.4) is 0 Å². The van der Waals surface area contributed by atoms with Gasteiger partial charge in [0.25, 0.3) is 5.91 Å². The standard InChI is InChI=1S/C22H25NO4S/c1-15-7-8-20(16(2)13-15)21(24)17-9-11-23(12-10-17)22(25)18-5-4-6-19(14-18)28(3,26)27/h4-8,13-14,17H,9-12H2,1-3H3. The number of likely N-dealkylation sites (tertiary alicyclic amines) is 1. The number of ketones is 1. The van der Waals surface area contributed by atoms with E-state index in [0.29, 0.717) is 31.5 Å². The third-order valence-electron chi connectivity index (χ3n) is 5.31. The van der Waals surface area contributed by atoms with Crippen molar-refractivity contribution in [1.82, 2.24) is 4.90 Å². The average molecular weight is 400 g/mol. The van der Waals surface area contributed by atoms with Crippen molar-refractivity contribution in [2.24, 2.45) is 5.92 Å². The molecule has 28 heavy (non-hydrogen) atoms. The largest absolute Gasteiger partial charge is 0.339 e. The van der Waals surface area contributed by atoms with Gasteiger partial charge in [0.1, 0.15) is 0 Å². The minimum absolute atomic E-state index is 0.0900. The summed E-state index contributed by atoms with van der Waals surface area (Å²) in [5.41, 5.74) is 3.24. The Morgan fingerprint density at radius 2 is 1.68 bits per heavy atom. The number of aryl methyl sites for hydroxylation is 2. The van der Waals surface area contributed by atoms with Crippen molar-refractivity contribution in [3.05, 3.63) is 64.7 Å². The third-order valence-corrected chi connectivity index (χ3v) is 6.42. The first-order valence-corrected chi connectivity index (χ1v) is 11.3. The molecule has 0 aromatic heterocycles. The quantitative estimate of drug-likeness (QED) is 0.739. The van der Waals surface area contributed by atoms with E-state index in [9.17, 15) is 18.0 Å². The summed E-state index contributed by atoms with van der Waals surface area (Å²) in [5, 5.41) is 0. The van der Waals surface area contributed by atoms with Crippen LogP contribution < -0.4 is 0 Å². The lowest BCUT2D eigenvalue weighted by molar-refractivity contribution is 0.0650. The molecule has 0 bridgehead atoms. The second kappa shape index (κ2) is 7.87. The number of amides is 1. The normalized spacial score (nSPS) is 15.5. The molecule has 5 nitrogen and oxygen atoms in total. The zero-order chi connectivity index (χ0) is 20.5. The number of sulfone groups is 1. The molecule has 148 valence electrons. The summed E-state index contributed by atoms with van der Waals surface area (Å²) in [6.07, 6.45) is 2.36. The molecule has 0 atom stereocenters. The maximum Gasteiger partial charge on any atom is 0.253 e. The Labute approximate surface area is 166 Å². The van der Waals surface area contributed by atoms with Crippen LogP contribution in [-0.4, -0.2) is 44.4 Å². The van der Waals surface area contributed by atoms with Gasteiger partial charge in [0.05, 0.1) is 4.90 Å². The molecule has 0 aliphatic carbocycles. The molecule has 0 N–H and O–H groups in total. The van der Waals surface area contributed by atoms with Crippen molar-refractivity contribution >= 4 is 21.5 Å². The van der Waals surface area contributed by atoms with Gasteiger partial charge < -0.3 is 4.90 Å². The Morgan fingerprint density at radius 3 is 2.29 bits per heavy atom. The number of hydrogen-bond donors (Lipinski definition) is 0. The van der Waals surface area contributed by atoms with Gasteiger partial charge in [-0.25, -0.2) is 8.42 Å². The molecule has 1 heterocycles. The van der Waals surface area contributed by atoms with E-state index in [2.05, 4.69) is 0 Å². The second-order valence-corrected chi connectivity index (χ2v) is 9.56. The lowest BCUT2D eigenvalue weighted by atomic mass is 9.87. The van der Waals surface area contributed by atoms with Crippen LogP contribution in [0.25, 0.3) is 0 Å². The first-order chi connectivity index (χ1) is 13.2. The van der Waals surface area contributed by atoms with E-state index in [0.717, 1.165) is 22.9 Å². The fourth-order valence-electron chi connectivity index (χ4n) is 3.70. The number of carbonyl (C=O) groups is 2. The smallest absolute Gasteiger partial charge is 0.253 e. The Kier molecular flexibility index (Phi) is 5.70. The minimum atomic E-state index is -3.36. The lowest BCUT2D eigenvalue weighted by Gasteiger charge is -2.31. The third kappa shape index (κ3) is 4.33. The first kappa shape index (κ1) is 20.3. The summed E-state index contributed by atoms with van der Waals surface area (Å²) in [6.45, 7) is 4.93. The monoisotopic (exact) mass is 399 g/mol. The second-order valence-electron chi connectivity index (χ2n) is 7.55.